The van der Waals surface area contributed by atoms with Gasteiger partial charge in [0.05, 0.1) is 5.92 Å². The molecule has 176 valence electrons. The van der Waals surface area contributed by atoms with E-state index in [1.54, 1.807) is 0 Å². The lowest BCUT2D eigenvalue weighted by Gasteiger charge is -2.60. The van der Waals surface area contributed by atoms with E-state index in [1.165, 1.54) is 37.8 Å². The van der Waals surface area contributed by atoms with Crippen LogP contribution in [-0.4, -0.2) is 22.8 Å². The van der Waals surface area contributed by atoms with Crippen molar-refractivity contribution in [3.8, 4) is 0 Å². The Labute approximate surface area is 198 Å². The summed E-state index contributed by atoms with van der Waals surface area (Å²) < 4.78 is 0. The van der Waals surface area contributed by atoms with Gasteiger partial charge in [-0.3, -0.25) is 9.59 Å². The van der Waals surface area contributed by atoms with Crippen molar-refractivity contribution in [1.29, 1.82) is 0 Å². The average Bonchev–Trinajstić information content (AvgIpc) is 3.52. The number of allylic oxidation sites excluding steroid dienone is 2. The number of anilines is 1. The molecule has 4 nitrogen and oxygen atoms in total. The lowest BCUT2D eigenvalue weighted by Crippen LogP contribution is -2.60. The molecule has 1 heterocycles. The number of carbonyl (C=O) groups excluding carboxylic acids is 2. The van der Waals surface area contributed by atoms with Crippen molar-refractivity contribution in [2.45, 2.75) is 84.6 Å². The van der Waals surface area contributed by atoms with Crippen molar-refractivity contribution in [3.05, 3.63) is 41.6 Å². The smallest absolute Gasteiger partial charge is 0.228 e. The minimum absolute atomic E-state index is 0.0261. The lowest BCUT2D eigenvalue weighted by atomic mass is 9.47. The highest BCUT2D eigenvalue weighted by molar-refractivity contribution is 5.97. The van der Waals surface area contributed by atoms with Crippen molar-refractivity contribution in [1.82, 2.24) is 4.90 Å². The van der Waals surface area contributed by atoms with E-state index in [9.17, 15) is 9.59 Å². The number of nitrogens with one attached hydrogen (secondary N) is 1. The molecule has 2 amide bonds. The zero-order valence-corrected chi connectivity index (χ0v) is 20.4. The number of nitrogens with zero attached hydrogens (tertiary/aromatic N) is 1. The maximum absolute atomic E-state index is 13.8. The zero-order chi connectivity index (χ0) is 23.0. The Bertz CT molecular complexity index is 1030. The van der Waals surface area contributed by atoms with Crippen LogP contribution in [0, 0.1) is 41.4 Å². The second-order valence-electron chi connectivity index (χ2n) is 12.2. The summed E-state index contributed by atoms with van der Waals surface area (Å²) >= 11 is 0. The summed E-state index contributed by atoms with van der Waals surface area (Å²) in [5, 5.41) is 3.20. The third-order valence-corrected chi connectivity index (χ3v) is 10.3. The van der Waals surface area contributed by atoms with Crippen LogP contribution in [0.1, 0.15) is 77.2 Å². The number of fused-ring (bicyclic) bond motifs is 5. The molecule has 1 N–H and O–H groups in total. The molecule has 0 bridgehead atoms. The van der Waals surface area contributed by atoms with Gasteiger partial charge in [-0.25, -0.2) is 0 Å². The monoisotopic (exact) mass is 446 g/mol. The highest BCUT2D eigenvalue weighted by atomic mass is 16.2. The van der Waals surface area contributed by atoms with Gasteiger partial charge < -0.3 is 10.2 Å². The van der Waals surface area contributed by atoms with E-state index in [0.717, 1.165) is 36.4 Å². The highest BCUT2D eigenvalue weighted by Crippen LogP contribution is 2.66. The normalized spacial score (nSPS) is 39.9. The Kier molecular flexibility index (Phi) is 4.84. The number of aryl methyl sites for hydroxylation is 1. The van der Waals surface area contributed by atoms with Gasteiger partial charge in [0.2, 0.25) is 11.8 Å². The molecule has 4 fully saturated rings. The van der Waals surface area contributed by atoms with Gasteiger partial charge in [0.15, 0.2) is 0 Å². The van der Waals surface area contributed by atoms with E-state index in [1.807, 2.05) is 31.2 Å². The number of piperidine rings is 1. The molecule has 0 radical (unpaired) electrons. The van der Waals surface area contributed by atoms with Crippen LogP contribution in [-0.2, 0) is 9.59 Å². The van der Waals surface area contributed by atoms with Crippen LogP contribution >= 0.6 is 0 Å². The first-order chi connectivity index (χ1) is 15.8. The van der Waals surface area contributed by atoms with E-state index in [4.69, 9.17) is 0 Å². The highest BCUT2D eigenvalue weighted by Gasteiger charge is 2.62. The van der Waals surface area contributed by atoms with Gasteiger partial charge >= 0.3 is 0 Å². The molecule has 1 aromatic rings. The molecular formula is C29H38N2O2. The van der Waals surface area contributed by atoms with E-state index >= 15 is 0 Å². The van der Waals surface area contributed by atoms with Crippen molar-refractivity contribution < 1.29 is 9.59 Å². The molecule has 0 aromatic heterocycles. The Morgan fingerprint density at radius 2 is 1.91 bits per heavy atom. The maximum atomic E-state index is 13.8. The van der Waals surface area contributed by atoms with Gasteiger partial charge in [0.1, 0.15) is 0 Å². The predicted octanol–water partition coefficient (Wildman–Crippen LogP) is 6.07. The van der Waals surface area contributed by atoms with Crippen LogP contribution in [0.3, 0.4) is 0 Å². The molecule has 33 heavy (non-hydrogen) atoms. The molecule has 3 saturated carbocycles. The van der Waals surface area contributed by atoms with Gasteiger partial charge in [0, 0.05) is 29.3 Å². The van der Waals surface area contributed by atoms with Crippen molar-refractivity contribution in [3.63, 3.8) is 0 Å². The summed E-state index contributed by atoms with van der Waals surface area (Å²) in [4.78, 5) is 29.4. The number of carbonyl (C=O) groups is 2. The first-order valence-electron chi connectivity index (χ1n) is 13.2. The molecule has 6 atom stereocenters. The van der Waals surface area contributed by atoms with Crippen LogP contribution < -0.4 is 5.32 Å². The SMILES string of the molecule is Cc1cccc(NC(=O)C2CC(=O)N(C3CC3)C3=CC[C@@H]4[C@@H](CC[C@]5(C)CCC[C@@H]45)[C@]32C)c1. The summed E-state index contributed by atoms with van der Waals surface area (Å²) in [7, 11) is 0. The number of benzene rings is 1. The maximum Gasteiger partial charge on any atom is 0.228 e. The summed E-state index contributed by atoms with van der Waals surface area (Å²) in [6, 6.07) is 8.37. The quantitative estimate of drug-likeness (QED) is 0.612. The predicted molar refractivity (Wildman–Crippen MR) is 130 cm³/mol. The van der Waals surface area contributed by atoms with E-state index in [-0.39, 0.29) is 23.1 Å². The van der Waals surface area contributed by atoms with Gasteiger partial charge in [-0.05, 0) is 92.7 Å². The number of hydrogen-bond donors (Lipinski definition) is 1. The molecule has 1 aromatic carbocycles. The average molecular weight is 447 g/mol. The Balaban J connectivity index is 1.39. The summed E-state index contributed by atoms with van der Waals surface area (Å²) in [6.45, 7) is 6.91. The van der Waals surface area contributed by atoms with Crippen molar-refractivity contribution in [2.75, 3.05) is 5.32 Å². The van der Waals surface area contributed by atoms with Gasteiger partial charge in [0.25, 0.3) is 0 Å². The standard InChI is InChI=1S/C29H38N2O2/c1-18-6-4-7-19(16-18)30-27(33)24-17-26(32)31(20-9-10-20)25-12-11-21-22-8-5-14-28(22,2)15-13-23(21)29(24,25)3/h4,6-7,12,16,20-24H,5,8-11,13-15,17H2,1-3H3,(H,30,33)/t21-,22-,23+,24?,28-,29-/m0/s1. The van der Waals surface area contributed by atoms with E-state index in [0.29, 0.717) is 29.7 Å². The topological polar surface area (TPSA) is 49.4 Å². The molecule has 0 spiro atoms. The molecule has 1 aliphatic heterocycles. The molecular weight excluding hydrogens is 408 g/mol. The summed E-state index contributed by atoms with van der Waals surface area (Å²) in [6.07, 6.45) is 12.5. The van der Waals surface area contributed by atoms with Crippen molar-refractivity contribution in [2.24, 2.45) is 34.5 Å². The van der Waals surface area contributed by atoms with E-state index in [2.05, 4.69) is 30.1 Å². The van der Waals surface area contributed by atoms with Crippen LogP contribution in [0.4, 0.5) is 5.69 Å². The second kappa shape index (κ2) is 7.45. The van der Waals surface area contributed by atoms with E-state index < -0.39 is 0 Å². The zero-order valence-electron chi connectivity index (χ0n) is 20.4. The van der Waals surface area contributed by atoms with Gasteiger partial charge in [-0.1, -0.05) is 38.5 Å². The largest absolute Gasteiger partial charge is 0.326 e. The fourth-order valence-electron chi connectivity index (χ4n) is 8.48. The number of hydrogen-bond acceptors (Lipinski definition) is 2. The van der Waals surface area contributed by atoms with Crippen LogP contribution in [0.25, 0.3) is 0 Å². The van der Waals surface area contributed by atoms with Gasteiger partial charge in [-0.2, -0.15) is 0 Å². The minimum atomic E-state index is -0.301. The second-order valence-corrected chi connectivity index (χ2v) is 12.2. The Morgan fingerprint density at radius 3 is 2.67 bits per heavy atom. The Morgan fingerprint density at radius 1 is 1.09 bits per heavy atom. The molecule has 4 aliphatic carbocycles. The number of amides is 2. The Hall–Kier alpha value is -2.10. The van der Waals surface area contributed by atoms with Gasteiger partial charge in [-0.15, -0.1) is 0 Å². The fourth-order valence-corrected chi connectivity index (χ4v) is 8.48. The van der Waals surface area contributed by atoms with Crippen LogP contribution in [0.2, 0.25) is 0 Å². The summed E-state index contributed by atoms with van der Waals surface area (Å²) in [5.41, 5.74) is 3.36. The summed E-state index contributed by atoms with van der Waals surface area (Å²) in [5.74, 6) is 1.77. The third kappa shape index (κ3) is 3.23. The van der Waals surface area contributed by atoms with Crippen LogP contribution in [0.15, 0.2) is 36.0 Å². The molecule has 5 aliphatic rings. The molecule has 6 rings (SSSR count). The third-order valence-electron chi connectivity index (χ3n) is 10.3. The van der Waals surface area contributed by atoms with Crippen molar-refractivity contribution >= 4 is 17.5 Å². The molecule has 4 heteroatoms. The fraction of sp³-hybridized carbons (Fsp3) is 0.655. The lowest BCUT2D eigenvalue weighted by molar-refractivity contribution is -0.150. The van der Waals surface area contributed by atoms with Crippen LogP contribution in [0.5, 0.6) is 0 Å². The number of likely N-dealkylation sites (tertiary alicyclic amines) is 1. The molecule has 1 unspecified atom stereocenters. The first kappa shape index (κ1) is 21.4. The molecule has 1 saturated heterocycles. The minimum Gasteiger partial charge on any atom is -0.326 e. The first-order valence-corrected chi connectivity index (χ1v) is 13.2. The number of rotatable bonds is 3.